The summed E-state index contributed by atoms with van der Waals surface area (Å²) in [5, 5.41) is 11.0. The Morgan fingerprint density at radius 3 is 2.50 bits per heavy atom. The van der Waals surface area contributed by atoms with E-state index in [2.05, 4.69) is 5.10 Å². The minimum absolute atomic E-state index is 0.248. The molecule has 2 aromatic rings. The quantitative estimate of drug-likeness (QED) is 0.801. The Morgan fingerprint density at radius 1 is 1.15 bits per heavy atom. The lowest BCUT2D eigenvalue weighted by Crippen LogP contribution is -2.28. The van der Waals surface area contributed by atoms with Gasteiger partial charge < -0.3 is 5.11 Å². The highest BCUT2D eigenvalue weighted by Gasteiger charge is 1.99. The second-order valence-corrected chi connectivity index (χ2v) is 4.15. The number of aromatic amines is 1. The predicted octanol–water partition coefficient (Wildman–Crippen LogP) is 0.683. The van der Waals surface area contributed by atoms with Crippen LogP contribution in [0.2, 0.25) is 0 Å². The van der Waals surface area contributed by atoms with E-state index in [1.54, 1.807) is 24.3 Å². The number of nitrogens with one attached hydrogen (secondary N) is 1. The fourth-order valence-corrected chi connectivity index (χ4v) is 1.66. The standard InChI is InChI=1S/C14H12N2O4/c17-12-6-7-13(18)16(15-12)9-11-3-1-10(2-4-11)5-8-14(19)20/h1-8H,9H2,(H,15,17)(H,19,20). The van der Waals surface area contributed by atoms with Gasteiger partial charge in [-0.05, 0) is 17.2 Å². The molecule has 0 saturated heterocycles. The van der Waals surface area contributed by atoms with Crippen LogP contribution in [0.5, 0.6) is 0 Å². The molecule has 1 aromatic heterocycles. The highest BCUT2D eigenvalue weighted by Crippen LogP contribution is 2.06. The Labute approximate surface area is 113 Å². The number of aliphatic carboxylic acids is 1. The Morgan fingerprint density at radius 2 is 1.85 bits per heavy atom. The van der Waals surface area contributed by atoms with Gasteiger partial charge in [0.25, 0.3) is 11.1 Å². The number of benzene rings is 1. The summed E-state index contributed by atoms with van der Waals surface area (Å²) in [4.78, 5) is 33.1. The molecule has 0 bridgehead atoms. The van der Waals surface area contributed by atoms with E-state index >= 15 is 0 Å². The van der Waals surface area contributed by atoms with Crippen molar-refractivity contribution < 1.29 is 9.90 Å². The van der Waals surface area contributed by atoms with Crippen LogP contribution in [0.15, 0.2) is 52.1 Å². The minimum Gasteiger partial charge on any atom is -0.478 e. The molecule has 6 heteroatoms. The Hall–Kier alpha value is -2.89. The van der Waals surface area contributed by atoms with Crippen molar-refractivity contribution in [1.29, 1.82) is 0 Å². The van der Waals surface area contributed by atoms with Crippen LogP contribution in [-0.4, -0.2) is 20.9 Å². The molecule has 2 N–H and O–H groups in total. The maximum absolute atomic E-state index is 11.5. The number of carbonyl (C=O) groups is 1. The van der Waals surface area contributed by atoms with Crippen molar-refractivity contribution in [2.24, 2.45) is 0 Å². The summed E-state index contributed by atoms with van der Waals surface area (Å²) >= 11 is 0. The highest BCUT2D eigenvalue weighted by atomic mass is 16.4. The van der Waals surface area contributed by atoms with E-state index in [9.17, 15) is 14.4 Å². The number of hydrogen-bond donors (Lipinski definition) is 2. The molecule has 0 unspecified atom stereocenters. The first-order chi connectivity index (χ1) is 9.54. The number of aromatic nitrogens is 2. The third-order valence-electron chi connectivity index (χ3n) is 2.63. The van der Waals surface area contributed by atoms with Gasteiger partial charge in [0.05, 0.1) is 6.54 Å². The first-order valence-corrected chi connectivity index (χ1v) is 5.85. The van der Waals surface area contributed by atoms with E-state index in [0.717, 1.165) is 17.2 Å². The van der Waals surface area contributed by atoms with Gasteiger partial charge in [0.2, 0.25) is 0 Å². The number of H-pyrrole nitrogens is 1. The van der Waals surface area contributed by atoms with Crippen molar-refractivity contribution in [3.05, 3.63) is 74.3 Å². The smallest absolute Gasteiger partial charge is 0.328 e. The van der Waals surface area contributed by atoms with Crippen LogP contribution in [0.4, 0.5) is 0 Å². The monoisotopic (exact) mass is 272 g/mol. The Bertz CT molecular complexity index is 754. The van der Waals surface area contributed by atoms with E-state index in [1.807, 2.05) is 0 Å². The van der Waals surface area contributed by atoms with Gasteiger partial charge >= 0.3 is 5.97 Å². The number of carboxylic acids is 1. The molecule has 0 aliphatic rings. The Balaban J connectivity index is 2.19. The van der Waals surface area contributed by atoms with Crippen molar-refractivity contribution in [3.63, 3.8) is 0 Å². The lowest BCUT2D eigenvalue weighted by atomic mass is 10.1. The maximum atomic E-state index is 11.5. The predicted molar refractivity (Wildman–Crippen MR) is 73.5 cm³/mol. The fraction of sp³-hybridized carbons (Fsp3) is 0.0714. The second-order valence-electron chi connectivity index (χ2n) is 4.15. The number of nitrogens with zero attached hydrogens (tertiary/aromatic N) is 1. The third kappa shape index (κ3) is 3.55. The summed E-state index contributed by atoms with van der Waals surface area (Å²) in [6, 6.07) is 9.39. The van der Waals surface area contributed by atoms with Crippen LogP contribution in [0.25, 0.3) is 6.08 Å². The van der Waals surface area contributed by atoms with Crippen LogP contribution in [0, 0.1) is 0 Å². The van der Waals surface area contributed by atoms with Crippen LogP contribution >= 0.6 is 0 Å². The molecule has 1 aromatic carbocycles. The molecule has 0 fully saturated rings. The normalized spacial score (nSPS) is 10.8. The maximum Gasteiger partial charge on any atom is 0.328 e. The number of carboxylic acid groups (broad SMARTS) is 1. The van der Waals surface area contributed by atoms with Gasteiger partial charge in [0.15, 0.2) is 0 Å². The van der Waals surface area contributed by atoms with Gasteiger partial charge in [-0.2, -0.15) is 0 Å². The largest absolute Gasteiger partial charge is 0.478 e. The minimum atomic E-state index is -1.01. The lowest BCUT2D eigenvalue weighted by Gasteiger charge is -2.05. The summed E-state index contributed by atoms with van der Waals surface area (Å²) < 4.78 is 1.21. The first-order valence-electron chi connectivity index (χ1n) is 5.85. The zero-order chi connectivity index (χ0) is 14.5. The molecule has 6 nitrogen and oxygen atoms in total. The van der Waals surface area contributed by atoms with Crippen molar-refractivity contribution in [3.8, 4) is 0 Å². The molecule has 0 radical (unpaired) electrons. The number of hydrogen-bond acceptors (Lipinski definition) is 3. The molecule has 2 rings (SSSR count). The summed E-state index contributed by atoms with van der Waals surface area (Å²) in [7, 11) is 0. The molecular formula is C14H12N2O4. The van der Waals surface area contributed by atoms with Crippen molar-refractivity contribution in [2.75, 3.05) is 0 Å². The van der Waals surface area contributed by atoms with Crippen LogP contribution in [-0.2, 0) is 11.3 Å². The number of rotatable bonds is 4. The average molecular weight is 272 g/mol. The lowest BCUT2D eigenvalue weighted by molar-refractivity contribution is -0.131. The van der Waals surface area contributed by atoms with Gasteiger partial charge in [0.1, 0.15) is 0 Å². The molecule has 0 aliphatic heterocycles. The van der Waals surface area contributed by atoms with Gasteiger partial charge in [-0.25, -0.2) is 9.48 Å². The summed E-state index contributed by atoms with van der Waals surface area (Å²) in [6.45, 7) is 0.248. The molecular weight excluding hydrogens is 260 g/mol. The van der Waals surface area contributed by atoms with Gasteiger partial charge in [-0.1, -0.05) is 24.3 Å². The van der Waals surface area contributed by atoms with Crippen LogP contribution in [0.3, 0.4) is 0 Å². The van der Waals surface area contributed by atoms with E-state index in [1.165, 1.54) is 22.9 Å². The average Bonchev–Trinajstić information content (AvgIpc) is 2.42. The molecule has 0 aliphatic carbocycles. The molecule has 20 heavy (non-hydrogen) atoms. The molecule has 0 amide bonds. The molecule has 102 valence electrons. The van der Waals surface area contributed by atoms with Gasteiger partial charge in [0, 0.05) is 18.2 Å². The second kappa shape index (κ2) is 5.83. The summed E-state index contributed by atoms with van der Waals surface area (Å²) in [5.41, 5.74) is 0.927. The molecule has 0 atom stereocenters. The fourth-order valence-electron chi connectivity index (χ4n) is 1.66. The van der Waals surface area contributed by atoms with Gasteiger partial charge in [-0.15, -0.1) is 0 Å². The van der Waals surface area contributed by atoms with E-state index in [0.29, 0.717) is 0 Å². The third-order valence-corrected chi connectivity index (χ3v) is 2.63. The van der Waals surface area contributed by atoms with Crippen LogP contribution < -0.4 is 11.1 Å². The van der Waals surface area contributed by atoms with E-state index in [4.69, 9.17) is 5.11 Å². The van der Waals surface area contributed by atoms with Crippen molar-refractivity contribution in [1.82, 2.24) is 9.78 Å². The van der Waals surface area contributed by atoms with E-state index in [-0.39, 0.29) is 17.7 Å². The molecule has 0 saturated carbocycles. The highest BCUT2D eigenvalue weighted by molar-refractivity contribution is 5.85. The first kappa shape index (κ1) is 13.5. The zero-order valence-electron chi connectivity index (χ0n) is 10.4. The van der Waals surface area contributed by atoms with Crippen molar-refractivity contribution in [2.45, 2.75) is 6.54 Å². The molecule has 1 heterocycles. The summed E-state index contributed by atoms with van der Waals surface area (Å²) in [6.07, 6.45) is 2.52. The zero-order valence-corrected chi connectivity index (χ0v) is 10.4. The summed E-state index contributed by atoms with van der Waals surface area (Å²) in [5.74, 6) is -1.01. The van der Waals surface area contributed by atoms with Gasteiger partial charge in [-0.3, -0.25) is 14.7 Å². The van der Waals surface area contributed by atoms with Crippen molar-refractivity contribution >= 4 is 12.0 Å². The SMILES string of the molecule is O=C(O)C=Cc1ccc(Cn2[nH]c(=O)ccc2=O)cc1. The van der Waals surface area contributed by atoms with Crippen LogP contribution in [0.1, 0.15) is 11.1 Å². The van der Waals surface area contributed by atoms with E-state index < -0.39 is 5.97 Å². The topological polar surface area (TPSA) is 92.2 Å². The Kier molecular flexibility index (Phi) is 3.95. The molecule has 0 spiro atoms.